The molecule has 1 aromatic carbocycles. The fourth-order valence-electron chi connectivity index (χ4n) is 1.94. The second-order valence-electron chi connectivity index (χ2n) is 6.82. The first-order valence-electron chi connectivity index (χ1n) is 7.86. The summed E-state index contributed by atoms with van der Waals surface area (Å²) < 4.78 is 11.4. The van der Waals surface area contributed by atoms with Crippen LogP contribution in [0.3, 0.4) is 0 Å². The molecule has 0 saturated carbocycles. The van der Waals surface area contributed by atoms with Crippen LogP contribution in [-0.2, 0) is 4.74 Å². The molecule has 0 aliphatic carbocycles. The van der Waals surface area contributed by atoms with Gasteiger partial charge in [-0.3, -0.25) is 0 Å². The van der Waals surface area contributed by atoms with Crippen LogP contribution in [0.2, 0.25) is 0 Å². The highest BCUT2D eigenvalue weighted by molar-refractivity contribution is 5.37. The van der Waals surface area contributed by atoms with E-state index in [2.05, 4.69) is 65.1 Å². The van der Waals surface area contributed by atoms with Gasteiger partial charge in [-0.15, -0.1) is 0 Å². The van der Waals surface area contributed by atoms with Crippen LogP contribution < -0.4 is 10.1 Å². The smallest absolute Gasteiger partial charge is 0.122 e. The van der Waals surface area contributed by atoms with Crippen molar-refractivity contribution in [3.8, 4) is 5.75 Å². The molecule has 0 aliphatic rings. The third-order valence-electron chi connectivity index (χ3n) is 3.27. The minimum Gasteiger partial charge on any atom is -0.491 e. The van der Waals surface area contributed by atoms with Crippen LogP contribution in [0, 0.1) is 6.92 Å². The van der Waals surface area contributed by atoms with E-state index in [4.69, 9.17) is 9.47 Å². The second kappa shape index (κ2) is 8.40. The third kappa shape index (κ3) is 7.49. The first-order chi connectivity index (χ1) is 9.79. The van der Waals surface area contributed by atoms with Gasteiger partial charge in [-0.2, -0.15) is 0 Å². The molecule has 3 heteroatoms. The lowest BCUT2D eigenvalue weighted by Gasteiger charge is -2.20. The number of ether oxygens (including phenoxy) is 2. The van der Waals surface area contributed by atoms with Crippen molar-refractivity contribution in [2.75, 3.05) is 26.4 Å². The molecule has 1 rings (SSSR count). The van der Waals surface area contributed by atoms with Crippen LogP contribution in [0.15, 0.2) is 18.2 Å². The summed E-state index contributed by atoms with van der Waals surface area (Å²) in [5.41, 5.74) is 2.63. The van der Waals surface area contributed by atoms with Gasteiger partial charge in [0.05, 0.1) is 13.2 Å². The van der Waals surface area contributed by atoms with Crippen LogP contribution in [0.5, 0.6) is 5.75 Å². The van der Waals surface area contributed by atoms with Crippen LogP contribution in [0.1, 0.15) is 51.7 Å². The van der Waals surface area contributed by atoms with Crippen molar-refractivity contribution < 1.29 is 9.47 Å². The molecule has 0 radical (unpaired) electrons. The summed E-state index contributed by atoms with van der Waals surface area (Å²) in [5, 5.41) is 3.39. The fraction of sp³-hybridized carbons (Fsp3) is 0.667. The molecular formula is C18H31NO2. The van der Waals surface area contributed by atoms with Crippen LogP contribution in [0.4, 0.5) is 0 Å². The predicted molar refractivity (Wildman–Crippen MR) is 89.3 cm³/mol. The molecule has 3 nitrogen and oxygen atoms in total. The highest BCUT2D eigenvalue weighted by Crippen LogP contribution is 2.24. The maximum Gasteiger partial charge on any atom is 0.122 e. The van der Waals surface area contributed by atoms with Crippen molar-refractivity contribution in [1.29, 1.82) is 0 Å². The molecule has 1 N–H and O–H groups in total. The van der Waals surface area contributed by atoms with Crippen LogP contribution in [-0.4, -0.2) is 31.9 Å². The Morgan fingerprint density at radius 3 is 2.43 bits per heavy atom. The average molecular weight is 293 g/mol. The number of nitrogens with one attached hydrogen (secondary N) is 1. The molecule has 0 aliphatic heterocycles. The Balaban J connectivity index is 2.25. The first kappa shape index (κ1) is 18.0. The van der Waals surface area contributed by atoms with Crippen LogP contribution >= 0.6 is 0 Å². The molecule has 120 valence electrons. The van der Waals surface area contributed by atoms with E-state index in [0.29, 0.717) is 25.7 Å². The standard InChI is InChI=1S/C18H31NO2/c1-14(2)16-8-7-15(3)17(13-16)21-12-11-20-10-9-19-18(4,5)6/h7-8,13-14,19H,9-12H2,1-6H3. The van der Waals surface area contributed by atoms with Gasteiger partial charge in [0.2, 0.25) is 0 Å². The zero-order valence-electron chi connectivity index (χ0n) is 14.5. The van der Waals surface area contributed by atoms with Gasteiger partial charge in [-0.05, 0) is 50.8 Å². The molecule has 0 unspecified atom stereocenters. The quantitative estimate of drug-likeness (QED) is 0.737. The summed E-state index contributed by atoms with van der Waals surface area (Å²) in [6, 6.07) is 6.43. The Bertz CT molecular complexity index is 422. The van der Waals surface area contributed by atoms with Crippen molar-refractivity contribution in [3.63, 3.8) is 0 Å². The Morgan fingerprint density at radius 1 is 1.10 bits per heavy atom. The fourth-order valence-corrected chi connectivity index (χ4v) is 1.94. The monoisotopic (exact) mass is 293 g/mol. The molecule has 21 heavy (non-hydrogen) atoms. The maximum atomic E-state index is 5.83. The Hall–Kier alpha value is -1.06. The summed E-state index contributed by atoms with van der Waals surface area (Å²) in [6.45, 7) is 15.7. The summed E-state index contributed by atoms with van der Waals surface area (Å²) in [4.78, 5) is 0. The second-order valence-corrected chi connectivity index (χ2v) is 6.82. The van der Waals surface area contributed by atoms with Crippen molar-refractivity contribution in [2.45, 2.75) is 53.0 Å². The average Bonchev–Trinajstić information content (AvgIpc) is 2.38. The normalized spacial score (nSPS) is 12.0. The number of rotatable bonds is 8. The zero-order chi connectivity index (χ0) is 15.9. The van der Waals surface area contributed by atoms with Gasteiger partial charge >= 0.3 is 0 Å². The molecular weight excluding hydrogens is 262 g/mol. The number of aryl methyl sites for hydroxylation is 1. The van der Waals surface area contributed by atoms with E-state index in [-0.39, 0.29) is 5.54 Å². The van der Waals surface area contributed by atoms with Gasteiger partial charge in [-0.25, -0.2) is 0 Å². The lowest BCUT2D eigenvalue weighted by atomic mass is 10.0. The lowest BCUT2D eigenvalue weighted by molar-refractivity contribution is 0.0982. The van der Waals surface area contributed by atoms with E-state index in [9.17, 15) is 0 Å². The molecule has 0 aromatic heterocycles. The van der Waals surface area contributed by atoms with Gasteiger partial charge < -0.3 is 14.8 Å². The minimum absolute atomic E-state index is 0.147. The molecule has 0 amide bonds. The third-order valence-corrected chi connectivity index (χ3v) is 3.27. The van der Waals surface area contributed by atoms with Crippen molar-refractivity contribution in [2.24, 2.45) is 0 Å². The highest BCUT2D eigenvalue weighted by atomic mass is 16.5. The molecule has 0 bridgehead atoms. The van der Waals surface area contributed by atoms with Gasteiger partial charge in [-0.1, -0.05) is 26.0 Å². The number of hydrogen-bond acceptors (Lipinski definition) is 3. The molecule has 0 atom stereocenters. The summed E-state index contributed by atoms with van der Waals surface area (Å²) >= 11 is 0. The van der Waals surface area contributed by atoms with Gasteiger partial charge in [0.1, 0.15) is 12.4 Å². The molecule has 0 spiro atoms. The Kier molecular flexibility index (Phi) is 7.20. The summed E-state index contributed by atoms with van der Waals surface area (Å²) in [7, 11) is 0. The molecule has 1 aromatic rings. The van der Waals surface area contributed by atoms with Crippen molar-refractivity contribution in [3.05, 3.63) is 29.3 Å². The molecule has 0 heterocycles. The van der Waals surface area contributed by atoms with Crippen molar-refractivity contribution >= 4 is 0 Å². The zero-order valence-corrected chi connectivity index (χ0v) is 14.5. The topological polar surface area (TPSA) is 30.5 Å². The molecule has 0 fully saturated rings. The molecule has 0 saturated heterocycles. The van der Waals surface area contributed by atoms with Gasteiger partial charge in [0.25, 0.3) is 0 Å². The number of hydrogen-bond donors (Lipinski definition) is 1. The first-order valence-corrected chi connectivity index (χ1v) is 7.86. The minimum atomic E-state index is 0.147. The summed E-state index contributed by atoms with van der Waals surface area (Å²) in [5.74, 6) is 1.49. The predicted octanol–water partition coefficient (Wildman–Crippen LogP) is 3.90. The van der Waals surface area contributed by atoms with E-state index in [1.165, 1.54) is 11.1 Å². The van der Waals surface area contributed by atoms with Gasteiger partial charge in [0.15, 0.2) is 0 Å². The highest BCUT2D eigenvalue weighted by Gasteiger charge is 2.07. The maximum absolute atomic E-state index is 5.83. The van der Waals surface area contributed by atoms with E-state index in [1.807, 2.05) is 0 Å². The van der Waals surface area contributed by atoms with E-state index in [0.717, 1.165) is 12.3 Å². The Labute approximate surface area is 130 Å². The summed E-state index contributed by atoms with van der Waals surface area (Å²) in [6.07, 6.45) is 0. The van der Waals surface area contributed by atoms with Crippen LogP contribution in [0.25, 0.3) is 0 Å². The van der Waals surface area contributed by atoms with E-state index >= 15 is 0 Å². The Morgan fingerprint density at radius 2 is 1.81 bits per heavy atom. The van der Waals surface area contributed by atoms with E-state index in [1.54, 1.807) is 0 Å². The largest absolute Gasteiger partial charge is 0.491 e. The van der Waals surface area contributed by atoms with Gasteiger partial charge in [0, 0.05) is 12.1 Å². The van der Waals surface area contributed by atoms with E-state index < -0.39 is 0 Å². The number of benzene rings is 1. The lowest BCUT2D eigenvalue weighted by Crippen LogP contribution is -2.38. The van der Waals surface area contributed by atoms with Crippen molar-refractivity contribution in [1.82, 2.24) is 5.32 Å². The SMILES string of the molecule is Cc1ccc(C(C)C)cc1OCCOCCNC(C)(C)C.